The summed E-state index contributed by atoms with van der Waals surface area (Å²) in [5.74, 6) is -4.74. The van der Waals surface area contributed by atoms with Crippen LogP contribution >= 0.6 is 0 Å². The Hall–Kier alpha value is -2.54. The fourth-order valence-corrected chi connectivity index (χ4v) is 4.18. The number of carbonyl (C=O) groups is 4. The Morgan fingerprint density at radius 3 is 1.52 bits per heavy atom. The molecule has 1 unspecified atom stereocenters. The van der Waals surface area contributed by atoms with Crippen molar-refractivity contribution in [1.82, 2.24) is 0 Å². The van der Waals surface area contributed by atoms with Gasteiger partial charge in [0.25, 0.3) is 0 Å². The Balaban J connectivity index is 0. The topological polar surface area (TPSA) is 144 Å². The first-order valence-electron chi connectivity index (χ1n) is 14.3. The maximum atomic E-state index is 11.2. The molecule has 0 amide bonds. The van der Waals surface area contributed by atoms with Crippen molar-refractivity contribution in [3.8, 4) is 0 Å². The summed E-state index contributed by atoms with van der Waals surface area (Å²) in [7, 11) is 0. The molecule has 40 heavy (non-hydrogen) atoms. The van der Waals surface area contributed by atoms with E-state index in [9.17, 15) is 34.5 Å². The summed E-state index contributed by atoms with van der Waals surface area (Å²) >= 11 is 0. The first-order valence-corrected chi connectivity index (χ1v) is 14.3. The number of carboxylic acids is 3. The Labute approximate surface area is 252 Å². The quantitative estimate of drug-likeness (QED) is 0.0826. The van der Waals surface area contributed by atoms with Gasteiger partial charge in [-0.3, -0.25) is 4.79 Å². The van der Waals surface area contributed by atoms with E-state index in [-0.39, 0.29) is 37.2 Å². The molecule has 1 aromatic rings. The Morgan fingerprint density at radius 1 is 0.775 bits per heavy atom. The monoisotopic (exact) mass is 610 g/mol. The van der Waals surface area contributed by atoms with Crippen molar-refractivity contribution in [2.45, 2.75) is 110 Å². The smallest absolute Gasteiger partial charge is 0.545 e. The van der Waals surface area contributed by atoms with Crippen LogP contribution in [0.3, 0.4) is 0 Å². The SMILES string of the molecule is C=CC(=O)OCCC(CCCCCCCCCCCCCCCC)C(=O)O.O=C([O-])c1ccccc1C(=O)[O-].[Zn+2]. The molecule has 1 atom stereocenters. The van der Waals surface area contributed by atoms with Crippen molar-refractivity contribution in [2.75, 3.05) is 6.61 Å². The van der Waals surface area contributed by atoms with Crippen LogP contribution in [0, 0.1) is 5.92 Å². The Bertz CT molecular complexity index is 822. The molecule has 0 spiro atoms. The number of unbranched alkanes of at least 4 members (excludes halogenated alkanes) is 13. The molecule has 0 fully saturated rings. The minimum Gasteiger partial charge on any atom is -0.545 e. The first-order chi connectivity index (χ1) is 18.7. The molecule has 0 aliphatic heterocycles. The van der Waals surface area contributed by atoms with Crippen LogP contribution in [-0.2, 0) is 33.8 Å². The summed E-state index contributed by atoms with van der Waals surface area (Å²) in [4.78, 5) is 42.9. The maximum absolute atomic E-state index is 11.2. The zero-order valence-corrected chi connectivity index (χ0v) is 27.2. The third kappa shape index (κ3) is 21.3. The molecule has 9 heteroatoms. The summed E-state index contributed by atoms with van der Waals surface area (Å²) in [6, 6.07) is 5.14. The summed E-state index contributed by atoms with van der Waals surface area (Å²) in [5, 5.41) is 29.9. The second kappa shape index (κ2) is 26.7. The molecule has 0 saturated heterocycles. The van der Waals surface area contributed by atoms with E-state index in [2.05, 4.69) is 13.5 Å². The molecule has 220 valence electrons. The number of rotatable bonds is 22. The van der Waals surface area contributed by atoms with Gasteiger partial charge in [0.2, 0.25) is 0 Å². The largest absolute Gasteiger partial charge is 2.00 e. The second-order valence-corrected chi connectivity index (χ2v) is 9.70. The fourth-order valence-electron chi connectivity index (χ4n) is 4.18. The van der Waals surface area contributed by atoms with E-state index < -0.39 is 29.8 Å². The van der Waals surface area contributed by atoms with E-state index in [4.69, 9.17) is 4.74 Å². The van der Waals surface area contributed by atoms with E-state index in [0.717, 1.165) is 31.1 Å². The number of ether oxygens (including phenoxy) is 1. The van der Waals surface area contributed by atoms with Gasteiger partial charge in [0.15, 0.2) is 0 Å². The average Bonchev–Trinajstić information content (AvgIpc) is 2.92. The van der Waals surface area contributed by atoms with E-state index >= 15 is 0 Å². The van der Waals surface area contributed by atoms with Gasteiger partial charge < -0.3 is 29.6 Å². The van der Waals surface area contributed by atoms with Crippen LogP contribution in [0.4, 0.5) is 0 Å². The molecule has 0 aliphatic carbocycles. The van der Waals surface area contributed by atoms with Crippen LogP contribution in [0.15, 0.2) is 36.9 Å². The molecule has 8 nitrogen and oxygen atoms in total. The molecule has 0 aliphatic rings. The number of benzene rings is 1. The summed E-state index contributed by atoms with van der Waals surface area (Å²) in [6.07, 6.45) is 20.3. The van der Waals surface area contributed by atoms with Crippen LogP contribution in [0.2, 0.25) is 0 Å². The molecule has 0 saturated carbocycles. The molecule has 0 radical (unpaired) electrons. The standard InChI is InChI=1S/C23H42O4.C8H6O4.Zn/c1-3-5-6-7-8-9-10-11-12-13-14-15-16-17-18-21(23(25)26)19-20-27-22(24)4-2;9-7(10)5-3-1-2-4-6(5)8(11)12;/h4,21H,2-3,5-20H2,1H3,(H,25,26);1-4H,(H,9,10)(H,11,12);/q;;+2/p-2. The predicted octanol–water partition coefficient (Wildman–Crippen LogP) is 5.09. The summed E-state index contributed by atoms with van der Waals surface area (Å²) in [6.45, 7) is 5.73. The van der Waals surface area contributed by atoms with Crippen molar-refractivity contribution in [1.29, 1.82) is 0 Å². The number of carbonyl (C=O) groups excluding carboxylic acids is 3. The van der Waals surface area contributed by atoms with Crippen LogP contribution in [0.5, 0.6) is 0 Å². The van der Waals surface area contributed by atoms with Crippen molar-refractivity contribution in [2.24, 2.45) is 5.92 Å². The van der Waals surface area contributed by atoms with Crippen molar-refractivity contribution in [3.63, 3.8) is 0 Å². The molecule has 1 aromatic carbocycles. The van der Waals surface area contributed by atoms with Crippen LogP contribution in [0.25, 0.3) is 0 Å². The van der Waals surface area contributed by atoms with Gasteiger partial charge in [-0.15, -0.1) is 0 Å². The molecule has 1 rings (SSSR count). The van der Waals surface area contributed by atoms with Crippen LogP contribution in [0.1, 0.15) is 130 Å². The molecule has 0 bridgehead atoms. The fraction of sp³-hybridized carbons (Fsp3) is 0.613. The molecular weight excluding hydrogens is 566 g/mol. The number of hydrogen-bond donors (Lipinski definition) is 1. The second-order valence-electron chi connectivity index (χ2n) is 9.70. The third-order valence-electron chi connectivity index (χ3n) is 6.50. The number of aromatic carboxylic acids is 2. The summed E-state index contributed by atoms with van der Waals surface area (Å²) < 4.78 is 4.88. The number of esters is 1. The van der Waals surface area contributed by atoms with E-state index in [1.165, 1.54) is 89.2 Å². The van der Waals surface area contributed by atoms with Gasteiger partial charge in [-0.1, -0.05) is 128 Å². The van der Waals surface area contributed by atoms with Gasteiger partial charge in [0.05, 0.1) is 24.5 Å². The normalized spacial score (nSPS) is 10.8. The van der Waals surface area contributed by atoms with Gasteiger partial charge in [-0.05, 0) is 12.8 Å². The zero-order chi connectivity index (χ0) is 29.3. The average molecular weight is 612 g/mol. The number of carboxylic acid groups (broad SMARTS) is 3. The van der Waals surface area contributed by atoms with E-state index in [0.29, 0.717) is 12.8 Å². The van der Waals surface area contributed by atoms with Gasteiger partial charge in [-0.25, -0.2) is 4.79 Å². The van der Waals surface area contributed by atoms with E-state index in [1.807, 2.05) is 0 Å². The molecule has 0 aromatic heterocycles. The third-order valence-corrected chi connectivity index (χ3v) is 6.50. The van der Waals surface area contributed by atoms with Crippen molar-refractivity contribution in [3.05, 3.63) is 48.0 Å². The first kappa shape index (κ1) is 39.6. The van der Waals surface area contributed by atoms with Gasteiger partial charge in [-0.2, -0.15) is 0 Å². The molecule has 0 heterocycles. The predicted molar refractivity (Wildman–Crippen MR) is 147 cm³/mol. The summed E-state index contributed by atoms with van der Waals surface area (Å²) in [5.41, 5.74) is -0.727. The van der Waals surface area contributed by atoms with Gasteiger partial charge in [0.1, 0.15) is 0 Å². The minimum absolute atomic E-state index is 0. The number of aliphatic carboxylic acids is 1. The van der Waals surface area contributed by atoms with Crippen molar-refractivity contribution < 1.29 is 58.7 Å². The number of hydrogen-bond acceptors (Lipinski definition) is 7. The van der Waals surface area contributed by atoms with Crippen LogP contribution in [-0.4, -0.2) is 35.6 Å². The van der Waals surface area contributed by atoms with Gasteiger partial charge >= 0.3 is 31.4 Å². The van der Waals surface area contributed by atoms with Crippen molar-refractivity contribution >= 4 is 23.9 Å². The molecular formula is C31H46O8Zn. The molecule has 1 N–H and O–H groups in total. The Morgan fingerprint density at radius 2 is 1.18 bits per heavy atom. The van der Waals surface area contributed by atoms with E-state index in [1.54, 1.807) is 0 Å². The minimum atomic E-state index is -1.52. The van der Waals surface area contributed by atoms with Crippen LogP contribution < -0.4 is 10.2 Å². The van der Waals surface area contributed by atoms with Gasteiger partial charge in [0, 0.05) is 17.2 Å². The maximum Gasteiger partial charge on any atom is 2.00 e. The zero-order valence-electron chi connectivity index (χ0n) is 24.2. The Kier molecular flexibility index (Phi) is 26.4.